The fourth-order valence-electron chi connectivity index (χ4n) is 3.18. The molecule has 0 unspecified atom stereocenters. The van der Waals surface area contributed by atoms with Crippen molar-refractivity contribution in [2.24, 2.45) is 0 Å². The molecular formula is C22H21N7O. The lowest BCUT2D eigenvalue weighted by atomic mass is 10.1. The van der Waals surface area contributed by atoms with Gasteiger partial charge in [-0.25, -0.2) is 9.97 Å². The normalized spacial score (nSPS) is 10.8. The highest BCUT2D eigenvalue weighted by atomic mass is 16.2. The first kappa shape index (κ1) is 19.4. The molecule has 1 amide bonds. The Morgan fingerprint density at radius 3 is 2.40 bits per heavy atom. The Balaban J connectivity index is 1.47. The molecule has 0 saturated carbocycles. The van der Waals surface area contributed by atoms with Gasteiger partial charge >= 0.3 is 0 Å². The number of carbonyl (C=O) groups is 1. The molecule has 30 heavy (non-hydrogen) atoms. The predicted molar refractivity (Wildman–Crippen MR) is 114 cm³/mol. The highest BCUT2D eigenvalue weighted by molar-refractivity contribution is 5.90. The number of hydrogen-bond donors (Lipinski definition) is 1. The van der Waals surface area contributed by atoms with Gasteiger partial charge in [-0.1, -0.05) is 0 Å². The molecule has 150 valence electrons. The zero-order chi connectivity index (χ0) is 21.1. The van der Waals surface area contributed by atoms with Gasteiger partial charge in [-0.3, -0.25) is 19.7 Å². The summed E-state index contributed by atoms with van der Waals surface area (Å²) in [6.07, 6.45) is 8.38. The van der Waals surface area contributed by atoms with Crippen LogP contribution in [-0.2, 0) is 11.3 Å². The minimum Gasteiger partial charge on any atom is -0.322 e. The molecule has 0 atom stereocenters. The van der Waals surface area contributed by atoms with E-state index >= 15 is 0 Å². The van der Waals surface area contributed by atoms with Crippen LogP contribution in [0, 0.1) is 20.8 Å². The molecule has 0 fully saturated rings. The summed E-state index contributed by atoms with van der Waals surface area (Å²) in [6, 6.07) is 7.54. The van der Waals surface area contributed by atoms with E-state index in [4.69, 9.17) is 0 Å². The minimum absolute atomic E-state index is 0.150. The summed E-state index contributed by atoms with van der Waals surface area (Å²) in [4.78, 5) is 34.2. The number of nitrogens with one attached hydrogen (secondary N) is 1. The van der Waals surface area contributed by atoms with Crippen LogP contribution in [0.2, 0.25) is 0 Å². The van der Waals surface area contributed by atoms with E-state index in [0.717, 1.165) is 39.7 Å². The summed E-state index contributed by atoms with van der Waals surface area (Å²) >= 11 is 0. The molecule has 8 nitrogen and oxygen atoms in total. The van der Waals surface area contributed by atoms with Gasteiger partial charge in [0.2, 0.25) is 5.91 Å². The summed E-state index contributed by atoms with van der Waals surface area (Å²) in [5.41, 5.74) is 5.19. The fraction of sp³-hybridized carbons (Fsp3) is 0.182. The number of aryl methyl sites for hydroxylation is 2. The van der Waals surface area contributed by atoms with Crippen LogP contribution in [0.4, 0.5) is 5.82 Å². The molecular weight excluding hydrogens is 378 g/mol. The van der Waals surface area contributed by atoms with Crippen molar-refractivity contribution in [2.45, 2.75) is 27.3 Å². The van der Waals surface area contributed by atoms with Crippen LogP contribution in [0.3, 0.4) is 0 Å². The number of anilines is 1. The molecule has 0 aliphatic carbocycles. The first-order valence-corrected chi connectivity index (χ1v) is 9.50. The Kier molecular flexibility index (Phi) is 5.30. The molecule has 4 aromatic heterocycles. The van der Waals surface area contributed by atoms with Gasteiger partial charge in [0.1, 0.15) is 18.2 Å². The molecule has 0 radical (unpaired) electrons. The Morgan fingerprint density at radius 1 is 0.933 bits per heavy atom. The van der Waals surface area contributed by atoms with Crippen LogP contribution in [-0.4, -0.2) is 35.4 Å². The molecule has 0 spiro atoms. The van der Waals surface area contributed by atoms with Crippen LogP contribution in [0.1, 0.15) is 17.2 Å². The number of imidazole rings is 1. The van der Waals surface area contributed by atoms with Crippen molar-refractivity contribution >= 4 is 11.7 Å². The lowest BCUT2D eigenvalue weighted by Gasteiger charge is -2.09. The molecule has 0 saturated heterocycles. The third-order valence-electron chi connectivity index (χ3n) is 4.79. The molecule has 8 heteroatoms. The van der Waals surface area contributed by atoms with E-state index in [1.165, 1.54) is 0 Å². The van der Waals surface area contributed by atoms with Crippen molar-refractivity contribution < 1.29 is 4.79 Å². The quantitative estimate of drug-likeness (QED) is 0.552. The SMILES string of the molecule is Cc1ccc(-c2nc(C)n(CC(=O)Nc3ccc(-c4cnccn4)cn3)c2C)cn1. The summed E-state index contributed by atoms with van der Waals surface area (Å²) in [7, 11) is 0. The van der Waals surface area contributed by atoms with Crippen molar-refractivity contribution in [2.75, 3.05) is 5.32 Å². The average Bonchev–Trinajstić information content (AvgIpc) is 3.04. The van der Waals surface area contributed by atoms with Crippen LogP contribution < -0.4 is 5.32 Å². The molecule has 0 bridgehead atoms. The lowest BCUT2D eigenvalue weighted by molar-refractivity contribution is -0.116. The number of aromatic nitrogens is 6. The van der Waals surface area contributed by atoms with Crippen molar-refractivity contribution in [3.05, 3.63) is 72.5 Å². The molecule has 0 aromatic carbocycles. The summed E-state index contributed by atoms with van der Waals surface area (Å²) in [5, 5.41) is 2.83. The Labute approximate surface area is 174 Å². The third-order valence-corrected chi connectivity index (χ3v) is 4.79. The van der Waals surface area contributed by atoms with Crippen LogP contribution in [0.15, 0.2) is 55.2 Å². The van der Waals surface area contributed by atoms with Gasteiger partial charge in [-0.05, 0) is 45.0 Å². The maximum atomic E-state index is 12.6. The van der Waals surface area contributed by atoms with E-state index in [-0.39, 0.29) is 12.5 Å². The van der Waals surface area contributed by atoms with Crippen molar-refractivity contribution in [1.82, 2.24) is 29.5 Å². The van der Waals surface area contributed by atoms with E-state index in [0.29, 0.717) is 5.82 Å². The van der Waals surface area contributed by atoms with E-state index in [2.05, 4.69) is 30.2 Å². The zero-order valence-corrected chi connectivity index (χ0v) is 17.0. The van der Waals surface area contributed by atoms with E-state index in [9.17, 15) is 4.79 Å². The lowest BCUT2D eigenvalue weighted by Crippen LogP contribution is -2.20. The van der Waals surface area contributed by atoms with Crippen molar-refractivity contribution in [1.29, 1.82) is 0 Å². The van der Waals surface area contributed by atoms with E-state index in [1.807, 2.05) is 43.5 Å². The van der Waals surface area contributed by atoms with Crippen LogP contribution in [0.5, 0.6) is 0 Å². The molecule has 0 aliphatic heterocycles. The number of rotatable bonds is 5. The first-order chi connectivity index (χ1) is 14.5. The van der Waals surface area contributed by atoms with Crippen LogP contribution in [0.25, 0.3) is 22.5 Å². The van der Waals surface area contributed by atoms with Gasteiger partial charge < -0.3 is 9.88 Å². The second-order valence-electron chi connectivity index (χ2n) is 6.94. The van der Waals surface area contributed by atoms with Crippen LogP contribution >= 0.6 is 0 Å². The van der Waals surface area contributed by atoms with Gasteiger partial charge in [0.15, 0.2) is 0 Å². The third kappa shape index (κ3) is 4.07. The minimum atomic E-state index is -0.174. The fourth-order valence-corrected chi connectivity index (χ4v) is 3.18. The Hall–Kier alpha value is -3.94. The van der Waals surface area contributed by atoms with Gasteiger partial charge in [0.05, 0.1) is 17.6 Å². The van der Waals surface area contributed by atoms with Gasteiger partial charge in [0, 0.05) is 47.3 Å². The number of carbonyl (C=O) groups excluding carboxylic acids is 1. The molecule has 1 N–H and O–H groups in total. The number of hydrogen-bond acceptors (Lipinski definition) is 6. The second-order valence-corrected chi connectivity index (χ2v) is 6.94. The molecule has 4 aromatic rings. The number of nitrogens with zero attached hydrogens (tertiary/aromatic N) is 6. The van der Waals surface area contributed by atoms with E-state index < -0.39 is 0 Å². The maximum absolute atomic E-state index is 12.6. The summed E-state index contributed by atoms with van der Waals surface area (Å²) in [5.74, 6) is 1.07. The summed E-state index contributed by atoms with van der Waals surface area (Å²) in [6.45, 7) is 5.94. The maximum Gasteiger partial charge on any atom is 0.245 e. The molecule has 0 aliphatic rings. The largest absolute Gasteiger partial charge is 0.322 e. The van der Waals surface area contributed by atoms with Crippen molar-refractivity contribution in [3.8, 4) is 22.5 Å². The predicted octanol–water partition coefficient (Wildman–Crippen LogP) is 3.36. The van der Waals surface area contributed by atoms with Gasteiger partial charge in [-0.2, -0.15) is 0 Å². The highest BCUT2D eigenvalue weighted by Crippen LogP contribution is 2.23. The zero-order valence-electron chi connectivity index (χ0n) is 17.0. The van der Waals surface area contributed by atoms with Crippen molar-refractivity contribution in [3.63, 3.8) is 0 Å². The summed E-state index contributed by atoms with van der Waals surface area (Å²) < 4.78 is 1.89. The second kappa shape index (κ2) is 8.20. The topological polar surface area (TPSA) is 98.5 Å². The van der Waals surface area contributed by atoms with Gasteiger partial charge in [-0.15, -0.1) is 0 Å². The monoisotopic (exact) mass is 399 g/mol. The molecule has 4 heterocycles. The standard InChI is InChI=1S/C22H21N7O/c1-14-4-5-18(11-25-14)22-15(2)29(16(3)27-22)13-21(30)28-20-7-6-17(10-26-20)19-12-23-8-9-24-19/h4-12H,13H2,1-3H3,(H,26,28,30). The number of amides is 1. The average molecular weight is 399 g/mol. The number of pyridine rings is 2. The van der Waals surface area contributed by atoms with Gasteiger partial charge in [0.25, 0.3) is 0 Å². The Bertz CT molecular complexity index is 1170. The van der Waals surface area contributed by atoms with E-state index in [1.54, 1.807) is 37.1 Å². The Morgan fingerprint density at radius 2 is 1.73 bits per heavy atom. The molecule has 4 rings (SSSR count). The smallest absolute Gasteiger partial charge is 0.245 e. The first-order valence-electron chi connectivity index (χ1n) is 9.50. The highest BCUT2D eigenvalue weighted by Gasteiger charge is 2.15.